The zero-order valence-electron chi connectivity index (χ0n) is 7.99. The van der Waals surface area contributed by atoms with E-state index in [0.29, 0.717) is 12.0 Å². The lowest BCUT2D eigenvalue weighted by molar-refractivity contribution is -0.126. The summed E-state index contributed by atoms with van der Waals surface area (Å²) in [4.78, 5) is 13.6. The Hall–Kier alpha value is -0.830. The molecule has 3 heteroatoms. The standard InChI is InChI=1S/C10H16N2O/c1-2-3-10(13)12-5-4-8-6-11-7-9(8)12/h2-3,8-9,11H,4-7H2,1H3/b3-2+. The van der Waals surface area contributed by atoms with Crippen molar-refractivity contribution in [1.82, 2.24) is 10.2 Å². The van der Waals surface area contributed by atoms with Crippen LogP contribution in [0.4, 0.5) is 0 Å². The van der Waals surface area contributed by atoms with E-state index in [1.54, 1.807) is 6.08 Å². The molecule has 2 aliphatic rings. The number of nitrogens with zero attached hydrogens (tertiary/aromatic N) is 1. The molecular formula is C10H16N2O. The van der Waals surface area contributed by atoms with Gasteiger partial charge in [-0.1, -0.05) is 6.08 Å². The van der Waals surface area contributed by atoms with E-state index in [2.05, 4.69) is 5.32 Å². The van der Waals surface area contributed by atoms with Crippen molar-refractivity contribution in [2.45, 2.75) is 19.4 Å². The first-order valence-electron chi connectivity index (χ1n) is 4.97. The van der Waals surface area contributed by atoms with Crippen LogP contribution in [0.2, 0.25) is 0 Å². The molecule has 3 nitrogen and oxygen atoms in total. The van der Waals surface area contributed by atoms with Crippen LogP contribution < -0.4 is 5.32 Å². The molecule has 1 N–H and O–H groups in total. The molecule has 2 heterocycles. The molecule has 0 aromatic heterocycles. The predicted molar refractivity (Wildman–Crippen MR) is 51.3 cm³/mol. The molecule has 0 aromatic rings. The second-order valence-corrected chi connectivity index (χ2v) is 3.81. The number of allylic oxidation sites excluding steroid dienone is 1. The molecule has 2 atom stereocenters. The molecule has 2 saturated heterocycles. The van der Waals surface area contributed by atoms with Gasteiger partial charge in [-0.3, -0.25) is 4.79 Å². The van der Waals surface area contributed by atoms with Gasteiger partial charge in [0.2, 0.25) is 5.91 Å². The van der Waals surface area contributed by atoms with Gasteiger partial charge in [0.25, 0.3) is 0 Å². The van der Waals surface area contributed by atoms with Crippen molar-refractivity contribution in [2.75, 3.05) is 19.6 Å². The SMILES string of the molecule is C/C=C/C(=O)N1CCC2CNCC21. The van der Waals surface area contributed by atoms with Crippen LogP contribution in [0.5, 0.6) is 0 Å². The third-order valence-corrected chi connectivity index (χ3v) is 3.04. The lowest BCUT2D eigenvalue weighted by Crippen LogP contribution is -2.38. The molecule has 13 heavy (non-hydrogen) atoms. The maximum Gasteiger partial charge on any atom is 0.246 e. The maximum absolute atomic E-state index is 11.6. The van der Waals surface area contributed by atoms with Gasteiger partial charge in [-0.05, 0) is 25.3 Å². The van der Waals surface area contributed by atoms with Crippen LogP contribution in [0.25, 0.3) is 0 Å². The number of likely N-dealkylation sites (tertiary alicyclic amines) is 1. The minimum absolute atomic E-state index is 0.179. The van der Waals surface area contributed by atoms with Crippen LogP contribution >= 0.6 is 0 Å². The van der Waals surface area contributed by atoms with Gasteiger partial charge in [-0.25, -0.2) is 0 Å². The molecule has 0 radical (unpaired) electrons. The molecule has 2 rings (SSSR count). The second-order valence-electron chi connectivity index (χ2n) is 3.81. The summed E-state index contributed by atoms with van der Waals surface area (Å²) in [5.41, 5.74) is 0. The van der Waals surface area contributed by atoms with E-state index in [9.17, 15) is 4.79 Å². The van der Waals surface area contributed by atoms with Crippen molar-refractivity contribution in [3.8, 4) is 0 Å². The zero-order valence-corrected chi connectivity index (χ0v) is 7.99. The Morgan fingerprint density at radius 1 is 1.54 bits per heavy atom. The first kappa shape index (κ1) is 8.75. The normalized spacial score (nSPS) is 32.8. The summed E-state index contributed by atoms with van der Waals surface area (Å²) in [5.74, 6) is 0.882. The number of amides is 1. The topological polar surface area (TPSA) is 32.3 Å². The molecule has 0 saturated carbocycles. The zero-order chi connectivity index (χ0) is 9.26. The number of hydrogen-bond donors (Lipinski definition) is 1. The highest BCUT2D eigenvalue weighted by atomic mass is 16.2. The third kappa shape index (κ3) is 1.48. The fourth-order valence-electron chi connectivity index (χ4n) is 2.36. The minimum Gasteiger partial charge on any atom is -0.335 e. The van der Waals surface area contributed by atoms with E-state index in [1.165, 1.54) is 6.42 Å². The number of nitrogens with one attached hydrogen (secondary N) is 1. The largest absolute Gasteiger partial charge is 0.335 e. The summed E-state index contributed by atoms with van der Waals surface area (Å²) in [6, 6.07) is 0.462. The van der Waals surface area contributed by atoms with Crippen molar-refractivity contribution in [2.24, 2.45) is 5.92 Å². The molecular weight excluding hydrogens is 164 g/mol. The average molecular weight is 180 g/mol. The molecule has 0 spiro atoms. The number of fused-ring (bicyclic) bond motifs is 1. The highest BCUT2D eigenvalue weighted by molar-refractivity contribution is 5.88. The molecule has 2 unspecified atom stereocenters. The average Bonchev–Trinajstić information content (AvgIpc) is 2.62. The highest BCUT2D eigenvalue weighted by Gasteiger charge is 2.38. The van der Waals surface area contributed by atoms with Crippen LogP contribution in [0, 0.1) is 5.92 Å². The fraction of sp³-hybridized carbons (Fsp3) is 0.700. The van der Waals surface area contributed by atoms with Crippen molar-refractivity contribution in [3.63, 3.8) is 0 Å². The summed E-state index contributed by atoms with van der Waals surface area (Å²) in [6.45, 7) is 4.90. The molecule has 1 amide bonds. The van der Waals surface area contributed by atoms with Gasteiger partial charge in [0.1, 0.15) is 0 Å². The Kier molecular flexibility index (Phi) is 2.36. The summed E-state index contributed by atoms with van der Waals surface area (Å²) in [6.07, 6.45) is 4.65. The first-order chi connectivity index (χ1) is 6.33. The van der Waals surface area contributed by atoms with Crippen molar-refractivity contribution in [3.05, 3.63) is 12.2 Å². The Bertz CT molecular complexity index is 237. The van der Waals surface area contributed by atoms with Crippen LogP contribution in [-0.4, -0.2) is 36.5 Å². The van der Waals surface area contributed by atoms with E-state index in [-0.39, 0.29) is 5.91 Å². The molecule has 0 bridgehead atoms. The maximum atomic E-state index is 11.6. The van der Waals surface area contributed by atoms with E-state index in [0.717, 1.165) is 19.6 Å². The van der Waals surface area contributed by atoms with Gasteiger partial charge in [-0.15, -0.1) is 0 Å². The van der Waals surface area contributed by atoms with E-state index in [4.69, 9.17) is 0 Å². The van der Waals surface area contributed by atoms with Crippen molar-refractivity contribution in [1.29, 1.82) is 0 Å². The fourth-order valence-corrected chi connectivity index (χ4v) is 2.36. The first-order valence-corrected chi connectivity index (χ1v) is 4.97. The van der Waals surface area contributed by atoms with Gasteiger partial charge in [0.15, 0.2) is 0 Å². The lowest BCUT2D eigenvalue weighted by Gasteiger charge is -2.21. The third-order valence-electron chi connectivity index (χ3n) is 3.04. The molecule has 72 valence electrons. The Morgan fingerprint density at radius 2 is 2.38 bits per heavy atom. The monoisotopic (exact) mass is 180 g/mol. The number of carbonyl (C=O) groups excluding carboxylic acids is 1. The number of carbonyl (C=O) groups is 1. The van der Waals surface area contributed by atoms with Gasteiger partial charge < -0.3 is 10.2 Å². The molecule has 0 aromatic carbocycles. The van der Waals surface area contributed by atoms with Crippen LogP contribution in [0.1, 0.15) is 13.3 Å². The van der Waals surface area contributed by atoms with E-state index in [1.807, 2.05) is 17.9 Å². The Labute approximate surface area is 78.8 Å². The lowest BCUT2D eigenvalue weighted by atomic mass is 10.1. The summed E-state index contributed by atoms with van der Waals surface area (Å²) < 4.78 is 0. The smallest absolute Gasteiger partial charge is 0.246 e. The quantitative estimate of drug-likeness (QED) is 0.592. The summed E-state index contributed by atoms with van der Waals surface area (Å²) in [5, 5.41) is 3.33. The Balaban J connectivity index is 2.04. The van der Waals surface area contributed by atoms with Crippen LogP contribution in [0.15, 0.2) is 12.2 Å². The molecule has 2 fully saturated rings. The highest BCUT2D eigenvalue weighted by Crippen LogP contribution is 2.27. The van der Waals surface area contributed by atoms with Gasteiger partial charge in [0, 0.05) is 25.7 Å². The molecule has 0 aliphatic carbocycles. The minimum atomic E-state index is 0.179. The Morgan fingerprint density at radius 3 is 3.15 bits per heavy atom. The predicted octanol–water partition coefficient (Wildman–Crippen LogP) is 0.383. The van der Waals surface area contributed by atoms with Crippen LogP contribution in [0.3, 0.4) is 0 Å². The van der Waals surface area contributed by atoms with Crippen molar-refractivity contribution >= 4 is 5.91 Å². The number of rotatable bonds is 1. The second kappa shape index (κ2) is 3.50. The van der Waals surface area contributed by atoms with Gasteiger partial charge >= 0.3 is 0 Å². The van der Waals surface area contributed by atoms with E-state index >= 15 is 0 Å². The van der Waals surface area contributed by atoms with Gasteiger partial charge in [-0.2, -0.15) is 0 Å². The molecule has 2 aliphatic heterocycles. The van der Waals surface area contributed by atoms with Crippen LogP contribution in [-0.2, 0) is 4.79 Å². The number of hydrogen-bond acceptors (Lipinski definition) is 2. The summed E-state index contributed by atoms with van der Waals surface area (Å²) in [7, 11) is 0. The van der Waals surface area contributed by atoms with E-state index < -0.39 is 0 Å². The summed E-state index contributed by atoms with van der Waals surface area (Å²) >= 11 is 0. The van der Waals surface area contributed by atoms with Crippen molar-refractivity contribution < 1.29 is 4.79 Å². The van der Waals surface area contributed by atoms with Gasteiger partial charge in [0.05, 0.1) is 0 Å².